The van der Waals surface area contributed by atoms with E-state index in [1.807, 2.05) is 12.3 Å². The van der Waals surface area contributed by atoms with Gasteiger partial charge in [-0.15, -0.1) is 0 Å². The van der Waals surface area contributed by atoms with Gasteiger partial charge in [0, 0.05) is 34.1 Å². The van der Waals surface area contributed by atoms with E-state index >= 15 is 0 Å². The molecule has 0 fully saturated rings. The lowest BCUT2D eigenvalue weighted by molar-refractivity contribution is 0.440. The Morgan fingerprint density at radius 1 is 0.515 bits per heavy atom. The molecule has 0 aliphatic rings. The van der Waals surface area contributed by atoms with Gasteiger partial charge in [0.15, 0.2) is 0 Å². The largest absolute Gasteiger partial charge is 0.507 e. The number of pyridine rings is 1. The lowest BCUT2D eigenvalue weighted by atomic mass is 9.80. The molecule has 1 aromatic heterocycles. The van der Waals surface area contributed by atoms with Crippen molar-refractivity contribution in [3.05, 3.63) is 198 Å². The van der Waals surface area contributed by atoms with E-state index in [2.05, 4.69) is 232 Å². The Kier molecular flexibility index (Phi) is 12.6. The van der Waals surface area contributed by atoms with Crippen molar-refractivity contribution in [1.29, 1.82) is 0 Å². The second kappa shape index (κ2) is 18.2. The molecule has 4 heteroatoms. The topological polar surface area (TPSA) is 62.4 Å². The smallest absolute Gasteiger partial charge is 0.124 e. The summed E-state index contributed by atoms with van der Waals surface area (Å²) in [5, 5.41) is 12.1. The summed E-state index contributed by atoms with van der Waals surface area (Å²) in [6.07, 6.45) is 2.92. The van der Waals surface area contributed by atoms with Gasteiger partial charge in [0.25, 0.3) is 0 Å². The van der Waals surface area contributed by atoms with E-state index in [0.717, 1.165) is 79.1 Å². The molecule has 0 radical (unpaired) electrons. The standard InChI is InChI=1S/C62H65N3O/c1-11-62(9,10)50-29-30-56(53(39-50)45-21-16-13-17-22-45)65(40-49-33-41(2)34-54(59(49)66)61(6,7)8)57-24-18-23-52(58(57)63)47-35-48(37-51(36-47)60(3,4)5)55-38-46(31-32-64-55)44-27-25-43(26-28-44)42-19-14-12-15-20-42/h12-39,66H,11,40,63H2,1-10H3. The number of nitrogen functional groups attached to an aromatic ring is 1. The van der Waals surface area contributed by atoms with E-state index in [4.69, 9.17) is 10.7 Å². The number of rotatable bonds is 11. The van der Waals surface area contributed by atoms with Gasteiger partial charge in [-0.2, -0.15) is 0 Å². The zero-order chi connectivity index (χ0) is 47.0. The Morgan fingerprint density at radius 3 is 1.77 bits per heavy atom. The van der Waals surface area contributed by atoms with Gasteiger partial charge in [0.05, 0.1) is 23.6 Å². The predicted molar refractivity (Wildman–Crippen MR) is 282 cm³/mol. The van der Waals surface area contributed by atoms with Crippen LogP contribution in [0, 0.1) is 6.92 Å². The highest BCUT2D eigenvalue weighted by Crippen LogP contribution is 2.46. The molecule has 0 bridgehead atoms. The summed E-state index contributed by atoms with van der Waals surface area (Å²) in [6.45, 7) is 22.6. The zero-order valence-electron chi connectivity index (χ0n) is 40.5. The number of aryl methyl sites for hydroxylation is 1. The lowest BCUT2D eigenvalue weighted by Gasteiger charge is -2.32. The Hall–Kier alpha value is -6.91. The van der Waals surface area contributed by atoms with E-state index in [0.29, 0.717) is 18.0 Å². The molecule has 0 saturated heterocycles. The Labute approximate surface area is 393 Å². The van der Waals surface area contributed by atoms with Crippen molar-refractivity contribution in [2.24, 2.45) is 0 Å². The maximum atomic E-state index is 12.1. The van der Waals surface area contributed by atoms with Crippen molar-refractivity contribution in [3.63, 3.8) is 0 Å². The van der Waals surface area contributed by atoms with Crippen molar-refractivity contribution in [1.82, 2.24) is 4.98 Å². The molecule has 7 aromatic carbocycles. The van der Waals surface area contributed by atoms with Crippen molar-refractivity contribution in [2.45, 2.75) is 98.4 Å². The molecule has 4 nitrogen and oxygen atoms in total. The van der Waals surface area contributed by atoms with E-state index in [-0.39, 0.29) is 16.2 Å². The van der Waals surface area contributed by atoms with Gasteiger partial charge in [0.1, 0.15) is 5.75 Å². The maximum Gasteiger partial charge on any atom is 0.124 e. The number of anilines is 3. The second-order valence-electron chi connectivity index (χ2n) is 20.7. The third-order valence-electron chi connectivity index (χ3n) is 13.4. The first kappa shape index (κ1) is 45.7. The van der Waals surface area contributed by atoms with Gasteiger partial charge in [-0.3, -0.25) is 4.98 Å². The highest BCUT2D eigenvalue weighted by molar-refractivity contribution is 5.93. The third-order valence-corrected chi connectivity index (χ3v) is 13.4. The first-order valence-electron chi connectivity index (χ1n) is 23.4. The third kappa shape index (κ3) is 9.56. The fraction of sp³-hybridized carbons (Fsp3) is 0.242. The van der Waals surface area contributed by atoms with E-state index in [9.17, 15) is 5.11 Å². The van der Waals surface area contributed by atoms with Gasteiger partial charge < -0.3 is 15.7 Å². The summed E-state index contributed by atoms with van der Waals surface area (Å²) in [6, 6.07) is 58.4. The molecule has 0 amide bonds. The van der Waals surface area contributed by atoms with Crippen LogP contribution < -0.4 is 10.6 Å². The number of hydrogen-bond acceptors (Lipinski definition) is 4. The number of aromatic hydroxyl groups is 1. The lowest BCUT2D eigenvalue weighted by Crippen LogP contribution is -2.21. The summed E-state index contributed by atoms with van der Waals surface area (Å²) in [4.78, 5) is 7.27. The molecule has 334 valence electrons. The summed E-state index contributed by atoms with van der Waals surface area (Å²) >= 11 is 0. The number of nitrogens with zero attached hydrogens (tertiary/aromatic N) is 2. The second-order valence-corrected chi connectivity index (χ2v) is 20.7. The number of phenolic OH excluding ortho intramolecular Hbond substituents is 1. The molecule has 3 N–H and O–H groups in total. The number of aromatic nitrogens is 1. The molecular formula is C62H65N3O. The van der Waals surface area contributed by atoms with Gasteiger partial charge >= 0.3 is 0 Å². The van der Waals surface area contributed by atoms with E-state index in [1.54, 1.807) is 0 Å². The van der Waals surface area contributed by atoms with Crippen LogP contribution in [-0.2, 0) is 22.8 Å². The quantitative estimate of drug-likeness (QED) is 0.127. The van der Waals surface area contributed by atoms with Crippen LogP contribution >= 0.6 is 0 Å². The van der Waals surface area contributed by atoms with Crippen LogP contribution in [0.3, 0.4) is 0 Å². The predicted octanol–water partition coefficient (Wildman–Crippen LogP) is 16.6. The minimum absolute atomic E-state index is 0.0284. The summed E-state index contributed by atoms with van der Waals surface area (Å²) in [5.74, 6) is 0.321. The van der Waals surface area contributed by atoms with E-state index < -0.39 is 0 Å². The normalized spacial score (nSPS) is 12.0. The number of nitrogens with two attached hydrogens (primary N) is 1. The molecule has 0 aliphatic carbocycles. The van der Waals surface area contributed by atoms with Crippen LogP contribution in [0.5, 0.6) is 5.75 Å². The van der Waals surface area contributed by atoms with Crippen molar-refractivity contribution in [3.8, 4) is 61.5 Å². The van der Waals surface area contributed by atoms with Crippen LogP contribution in [0.25, 0.3) is 55.8 Å². The first-order chi connectivity index (χ1) is 31.4. The molecule has 66 heavy (non-hydrogen) atoms. The average Bonchev–Trinajstić information content (AvgIpc) is 3.31. The first-order valence-corrected chi connectivity index (χ1v) is 23.4. The Morgan fingerprint density at radius 2 is 1.14 bits per heavy atom. The van der Waals surface area contributed by atoms with E-state index in [1.165, 1.54) is 22.3 Å². The highest BCUT2D eigenvalue weighted by Gasteiger charge is 2.27. The summed E-state index contributed by atoms with van der Waals surface area (Å²) < 4.78 is 0. The number of phenols is 1. The SMILES string of the molecule is CCC(C)(C)c1ccc(N(Cc2cc(C)cc(C(C)(C)C)c2O)c2cccc(-c3cc(-c4cc(-c5ccc(-c6ccccc6)cc5)ccn4)cc(C(C)(C)C)c3)c2N)c(-c2ccccc2)c1. The van der Waals surface area contributed by atoms with Crippen LogP contribution in [0.2, 0.25) is 0 Å². The Balaban J connectivity index is 1.29. The monoisotopic (exact) mass is 868 g/mol. The van der Waals surface area contributed by atoms with Gasteiger partial charge in [-0.1, -0.05) is 189 Å². The molecule has 0 saturated carbocycles. The Bertz CT molecular complexity index is 2990. The van der Waals surface area contributed by atoms with Crippen LogP contribution in [0.1, 0.15) is 96.6 Å². The molecular weight excluding hydrogens is 803 g/mol. The fourth-order valence-electron chi connectivity index (χ4n) is 8.92. The molecule has 0 aliphatic heterocycles. The number of para-hydroxylation sites is 1. The molecule has 0 atom stereocenters. The average molecular weight is 868 g/mol. The molecule has 0 spiro atoms. The molecule has 0 unspecified atom stereocenters. The molecule has 8 rings (SSSR count). The number of benzene rings is 7. The van der Waals surface area contributed by atoms with Crippen molar-refractivity contribution < 1.29 is 5.11 Å². The maximum absolute atomic E-state index is 12.1. The zero-order valence-corrected chi connectivity index (χ0v) is 40.5. The fourth-order valence-corrected chi connectivity index (χ4v) is 8.92. The van der Waals surface area contributed by atoms with Gasteiger partial charge in [0.2, 0.25) is 0 Å². The van der Waals surface area contributed by atoms with Crippen LogP contribution in [0.4, 0.5) is 17.1 Å². The summed E-state index contributed by atoms with van der Waals surface area (Å²) in [5.41, 5.74) is 25.8. The minimum atomic E-state index is -0.256. The van der Waals surface area contributed by atoms with Crippen molar-refractivity contribution in [2.75, 3.05) is 10.6 Å². The molecule has 8 aromatic rings. The molecule has 1 heterocycles. The minimum Gasteiger partial charge on any atom is -0.507 e. The summed E-state index contributed by atoms with van der Waals surface area (Å²) in [7, 11) is 0. The van der Waals surface area contributed by atoms with Crippen molar-refractivity contribution >= 4 is 17.1 Å². The number of hydrogen-bond donors (Lipinski definition) is 2. The van der Waals surface area contributed by atoms with Gasteiger partial charge in [-0.25, -0.2) is 0 Å². The van der Waals surface area contributed by atoms with Crippen LogP contribution in [0.15, 0.2) is 170 Å². The van der Waals surface area contributed by atoms with Gasteiger partial charge in [-0.05, 0) is 122 Å². The van der Waals surface area contributed by atoms with Crippen LogP contribution in [-0.4, -0.2) is 10.1 Å². The highest BCUT2D eigenvalue weighted by atomic mass is 16.3.